The molecule has 2 aromatic rings. The molecule has 126 valence electrons. The topological polar surface area (TPSA) is 95.7 Å². The Kier molecular flexibility index (Phi) is 3.59. The Labute approximate surface area is 133 Å². The third-order valence-corrected chi connectivity index (χ3v) is 3.10. The molecule has 0 atom stereocenters. The number of ether oxygens (including phenoxy) is 3. The van der Waals surface area contributed by atoms with Gasteiger partial charge in [-0.3, -0.25) is 4.79 Å². The molecule has 1 aromatic heterocycles. The van der Waals surface area contributed by atoms with Crippen molar-refractivity contribution >= 4 is 17.3 Å². The molecule has 1 aliphatic rings. The predicted molar refractivity (Wildman–Crippen MR) is 75.8 cm³/mol. The Bertz CT molecular complexity index is 829. The van der Waals surface area contributed by atoms with E-state index < -0.39 is 29.5 Å². The van der Waals surface area contributed by atoms with Crippen molar-refractivity contribution in [1.82, 2.24) is 4.98 Å². The number of nitrogen functional groups attached to an aromatic ring is 1. The summed E-state index contributed by atoms with van der Waals surface area (Å²) in [6, 6.07) is 3.58. The van der Waals surface area contributed by atoms with E-state index in [1.165, 1.54) is 19.2 Å². The van der Waals surface area contributed by atoms with E-state index in [1.807, 2.05) is 0 Å². The van der Waals surface area contributed by atoms with Gasteiger partial charge in [0, 0.05) is 11.8 Å². The van der Waals surface area contributed by atoms with E-state index >= 15 is 0 Å². The van der Waals surface area contributed by atoms with Crippen molar-refractivity contribution in [2.75, 3.05) is 18.2 Å². The number of fused-ring (bicyclic) bond motifs is 1. The minimum Gasteiger partial charge on any atom is -0.479 e. The van der Waals surface area contributed by atoms with E-state index in [-0.39, 0.29) is 22.9 Å². The van der Waals surface area contributed by atoms with E-state index in [4.69, 9.17) is 5.73 Å². The Morgan fingerprint density at radius 3 is 2.75 bits per heavy atom. The van der Waals surface area contributed by atoms with Crippen LogP contribution in [0.4, 0.5) is 24.5 Å². The molecule has 2 heterocycles. The Morgan fingerprint density at radius 2 is 2.04 bits per heavy atom. The number of amides is 1. The standard InChI is InChI=1S/C14H10F3N3O4/c1-22-13-11(15)10(7(18)5-19-13)12(21)20-6-2-3-8-9(4-6)24-14(16,17)23-8/h2-5H,18H2,1H3,(H,20,21). The fourth-order valence-electron chi connectivity index (χ4n) is 2.08. The first-order valence-electron chi connectivity index (χ1n) is 6.50. The van der Waals surface area contributed by atoms with Crippen LogP contribution >= 0.6 is 0 Å². The maximum Gasteiger partial charge on any atom is 0.586 e. The number of nitrogens with zero attached hydrogens (tertiary/aromatic N) is 1. The molecule has 0 fully saturated rings. The molecule has 0 saturated heterocycles. The fourth-order valence-corrected chi connectivity index (χ4v) is 2.08. The molecule has 7 nitrogen and oxygen atoms in total. The minimum atomic E-state index is -3.78. The Hall–Kier alpha value is -3.17. The molecule has 3 rings (SSSR count). The number of anilines is 2. The number of halogens is 3. The maximum atomic E-state index is 14.1. The van der Waals surface area contributed by atoms with Gasteiger partial charge in [-0.1, -0.05) is 0 Å². The second kappa shape index (κ2) is 5.48. The second-order valence-corrected chi connectivity index (χ2v) is 4.69. The smallest absolute Gasteiger partial charge is 0.479 e. The molecule has 0 saturated carbocycles. The van der Waals surface area contributed by atoms with Gasteiger partial charge in [0.15, 0.2) is 17.3 Å². The lowest BCUT2D eigenvalue weighted by Crippen LogP contribution is -2.25. The summed E-state index contributed by atoms with van der Waals surface area (Å²) in [6.07, 6.45) is -2.71. The number of pyridine rings is 1. The summed E-state index contributed by atoms with van der Waals surface area (Å²) in [4.78, 5) is 15.8. The second-order valence-electron chi connectivity index (χ2n) is 4.69. The van der Waals surface area contributed by atoms with Crippen LogP contribution in [0.2, 0.25) is 0 Å². The summed E-state index contributed by atoms with van der Waals surface area (Å²) in [7, 11) is 1.18. The van der Waals surface area contributed by atoms with E-state index in [2.05, 4.69) is 24.5 Å². The first-order valence-corrected chi connectivity index (χ1v) is 6.50. The number of carbonyl (C=O) groups excluding carboxylic acids is 1. The molecule has 0 radical (unpaired) electrons. The van der Waals surface area contributed by atoms with Gasteiger partial charge in [-0.05, 0) is 12.1 Å². The van der Waals surface area contributed by atoms with Gasteiger partial charge < -0.3 is 25.3 Å². The van der Waals surface area contributed by atoms with Crippen molar-refractivity contribution in [3.05, 3.63) is 35.8 Å². The zero-order valence-electron chi connectivity index (χ0n) is 12.1. The summed E-state index contributed by atoms with van der Waals surface area (Å²) in [5.41, 5.74) is 4.95. The number of methoxy groups -OCH3 is 1. The maximum absolute atomic E-state index is 14.1. The largest absolute Gasteiger partial charge is 0.586 e. The van der Waals surface area contributed by atoms with E-state index in [0.29, 0.717) is 0 Å². The minimum absolute atomic E-state index is 0.0784. The molecule has 0 unspecified atom stereocenters. The van der Waals surface area contributed by atoms with E-state index in [9.17, 15) is 18.0 Å². The average molecular weight is 341 g/mol. The van der Waals surface area contributed by atoms with E-state index in [0.717, 1.165) is 12.3 Å². The van der Waals surface area contributed by atoms with Crippen molar-refractivity contribution in [3.63, 3.8) is 0 Å². The highest BCUT2D eigenvalue weighted by molar-refractivity contribution is 6.08. The van der Waals surface area contributed by atoms with Gasteiger partial charge in [0.05, 0.1) is 19.0 Å². The highest BCUT2D eigenvalue weighted by Crippen LogP contribution is 2.42. The number of alkyl halides is 2. The monoisotopic (exact) mass is 341 g/mol. The summed E-state index contributed by atoms with van der Waals surface area (Å²) in [6.45, 7) is 0. The number of aromatic nitrogens is 1. The quantitative estimate of drug-likeness (QED) is 0.890. The van der Waals surface area contributed by atoms with Crippen LogP contribution in [0.3, 0.4) is 0 Å². The van der Waals surface area contributed by atoms with Gasteiger partial charge in [-0.25, -0.2) is 9.37 Å². The van der Waals surface area contributed by atoms with Crippen molar-refractivity contribution in [3.8, 4) is 17.4 Å². The third-order valence-electron chi connectivity index (χ3n) is 3.10. The van der Waals surface area contributed by atoms with Gasteiger partial charge in [0.1, 0.15) is 5.56 Å². The van der Waals surface area contributed by atoms with Crippen LogP contribution < -0.4 is 25.3 Å². The number of nitrogens with one attached hydrogen (secondary N) is 1. The van der Waals surface area contributed by atoms with Crippen LogP contribution in [0.15, 0.2) is 24.4 Å². The molecule has 1 aromatic carbocycles. The number of rotatable bonds is 3. The van der Waals surface area contributed by atoms with Crippen molar-refractivity contribution < 1.29 is 32.2 Å². The van der Waals surface area contributed by atoms with Gasteiger partial charge in [0.2, 0.25) is 0 Å². The third kappa shape index (κ3) is 2.73. The lowest BCUT2D eigenvalue weighted by Gasteiger charge is -2.10. The lowest BCUT2D eigenvalue weighted by atomic mass is 10.2. The Balaban J connectivity index is 1.87. The molecule has 3 N–H and O–H groups in total. The summed E-state index contributed by atoms with van der Waals surface area (Å²) >= 11 is 0. The zero-order chi connectivity index (χ0) is 17.5. The highest BCUT2D eigenvalue weighted by atomic mass is 19.3. The molecular weight excluding hydrogens is 331 g/mol. The summed E-state index contributed by atoms with van der Waals surface area (Å²) in [5.74, 6) is -2.80. The van der Waals surface area contributed by atoms with Crippen molar-refractivity contribution in [2.45, 2.75) is 6.29 Å². The average Bonchev–Trinajstić information content (AvgIpc) is 2.80. The number of hydrogen-bond acceptors (Lipinski definition) is 6. The first kappa shape index (κ1) is 15.7. The van der Waals surface area contributed by atoms with Crippen LogP contribution in [-0.4, -0.2) is 24.3 Å². The van der Waals surface area contributed by atoms with Gasteiger partial charge in [-0.15, -0.1) is 8.78 Å². The summed E-state index contributed by atoms with van der Waals surface area (Å²) in [5, 5.41) is 2.33. The number of carbonyl (C=O) groups is 1. The van der Waals surface area contributed by atoms with E-state index in [1.54, 1.807) is 0 Å². The predicted octanol–water partition coefficient (Wildman–Crippen LogP) is 2.39. The highest BCUT2D eigenvalue weighted by Gasteiger charge is 2.43. The molecule has 10 heteroatoms. The Morgan fingerprint density at radius 1 is 1.33 bits per heavy atom. The van der Waals surface area contributed by atoms with Crippen LogP contribution in [0.5, 0.6) is 17.4 Å². The SMILES string of the molecule is COc1ncc(N)c(C(=O)Nc2ccc3c(c2)OC(F)(F)O3)c1F. The van der Waals surface area contributed by atoms with Gasteiger partial charge in [0.25, 0.3) is 11.8 Å². The van der Waals surface area contributed by atoms with Crippen LogP contribution in [-0.2, 0) is 0 Å². The molecule has 24 heavy (non-hydrogen) atoms. The van der Waals surface area contributed by atoms with Gasteiger partial charge in [-0.2, -0.15) is 0 Å². The van der Waals surface area contributed by atoms with Crippen LogP contribution in [0.1, 0.15) is 10.4 Å². The molecule has 1 aliphatic heterocycles. The van der Waals surface area contributed by atoms with Crippen molar-refractivity contribution in [2.24, 2.45) is 0 Å². The number of benzene rings is 1. The number of nitrogens with two attached hydrogens (primary N) is 1. The van der Waals surface area contributed by atoms with Crippen LogP contribution in [0, 0.1) is 5.82 Å². The first-order chi connectivity index (χ1) is 11.3. The summed E-state index contributed by atoms with van der Waals surface area (Å²) < 4.78 is 53.3. The fraction of sp³-hybridized carbons (Fsp3) is 0.143. The zero-order valence-corrected chi connectivity index (χ0v) is 12.1. The molecule has 0 bridgehead atoms. The molecule has 1 amide bonds. The normalized spacial score (nSPS) is 14.3. The lowest BCUT2D eigenvalue weighted by molar-refractivity contribution is -0.286. The molecule has 0 aliphatic carbocycles. The van der Waals surface area contributed by atoms with Crippen molar-refractivity contribution in [1.29, 1.82) is 0 Å². The molecule has 0 spiro atoms. The van der Waals surface area contributed by atoms with Gasteiger partial charge >= 0.3 is 6.29 Å². The molecular formula is C14H10F3N3O4. The van der Waals surface area contributed by atoms with Crippen LogP contribution in [0.25, 0.3) is 0 Å². The number of hydrogen-bond donors (Lipinski definition) is 2.